The van der Waals surface area contributed by atoms with Crippen molar-refractivity contribution in [1.29, 1.82) is 5.41 Å². The molecule has 38 valence electrons. The van der Waals surface area contributed by atoms with Crippen LogP contribution in [-0.4, -0.2) is 19.5 Å². The van der Waals surface area contributed by atoms with Gasteiger partial charge in [0.05, 0.1) is 0 Å². The van der Waals surface area contributed by atoms with Gasteiger partial charge < -0.3 is 5.41 Å². The smallest absolute Gasteiger partial charge is 0.0277 e. The number of nitrogens with one attached hydrogen (secondary N) is 1. The molecule has 0 aliphatic carbocycles. The van der Waals surface area contributed by atoms with E-state index in [1.807, 2.05) is 0 Å². The summed E-state index contributed by atoms with van der Waals surface area (Å²) in [7, 11) is 1.69. The van der Waals surface area contributed by atoms with Crippen LogP contribution < -0.4 is 0 Å². The molecule has 0 aromatic rings. The molecule has 1 N–H and O–H groups in total. The van der Waals surface area contributed by atoms with Crippen molar-refractivity contribution >= 4 is 12.4 Å². The number of hydrogen-bond acceptors (Lipinski definition) is 2. The molecular weight excluding hydrogens is 88.1 g/mol. The largest absolute Gasteiger partial charge is 0.309 e. The predicted octanol–water partition coefficient (Wildman–Crippen LogP) is 0.893. The summed E-state index contributed by atoms with van der Waals surface area (Å²) < 4.78 is 0. The van der Waals surface area contributed by atoms with E-state index in [4.69, 9.17) is 5.41 Å². The van der Waals surface area contributed by atoms with Crippen molar-refractivity contribution in [1.82, 2.24) is 0 Å². The Balaban J connectivity index is 3.27. The van der Waals surface area contributed by atoms with Gasteiger partial charge in [0, 0.05) is 19.5 Å². The van der Waals surface area contributed by atoms with Crippen LogP contribution in [0.15, 0.2) is 17.1 Å². The Kier molecular flexibility index (Phi) is 4.41. The zero-order valence-electron chi connectivity index (χ0n) is 4.26. The molecule has 0 unspecified atom stereocenters. The number of aliphatic imine (C=N–C) groups is 1. The normalized spacial score (nSPS) is 11.0. The molecule has 0 heterocycles. The second-order valence-electron chi connectivity index (χ2n) is 0.959. The standard InChI is InChI=1S/C5H8N2/c1-7-5-3-2-4-6/h2-6H,1H3/b3-2-,6-4?,7-5-. The minimum absolute atomic E-state index is 1.21. The highest BCUT2D eigenvalue weighted by Gasteiger charge is 1.53. The molecular formula is C5H8N2. The molecule has 7 heavy (non-hydrogen) atoms. The van der Waals surface area contributed by atoms with Gasteiger partial charge >= 0.3 is 0 Å². The van der Waals surface area contributed by atoms with Crippen molar-refractivity contribution in [3.05, 3.63) is 12.2 Å². The molecule has 0 aliphatic rings. The summed E-state index contributed by atoms with van der Waals surface area (Å²) in [6, 6.07) is 0. The molecule has 0 bridgehead atoms. The Morgan fingerprint density at radius 2 is 2.14 bits per heavy atom. The van der Waals surface area contributed by atoms with Gasteiger partial charge in [0.1, 0.15) is 0 Å². The molecule has 0 saturated heterocycles. The zero-order valence-corrected chi connectivity index (χ0v) is 4.26. The third-order valence-electron chi connectivity index (χ3n) is 0.442. The van der Waals surface area contributed by atoms with Crippen molar-refractivity contribution in [3.63, 3.8) is 0 Å². The monoisotopic (exact) mass is 96.1 g/mol. The van der Waals surface area contributed by atoms with E-state index in [9.17, 15) is 0 Å². The molecule has 0 rings (SSSR count). The van der Waals surface area contributed by atoms with E-state index >= 15 is 0 Å². The van der Waals surface area contributed by atoms with E-state index in [0.717, 1.165) is 0 Å². The van der Waals surface area contributed by atoms with Crippen LogP contribution in [0.3, 0.4) is 0 Å². The number of allylic oxidation sites excluding steroid dienone is 2. The van der Waals surface area contributed by atoms with E-state index in [2.05, 4.69) is 4.99 Å². The molecule has 0 aromatic carbocycles. The van der Waals surface area contributed by atoms with E-state index in [0.29, 0.717) is 0 Å². The summed E-state index contributed by atoms with van der Waals surface area (Å²) >= 11 is 0. The molecule has 0 atom stereocenters. The van der Waals surface area contributed by atoms with Crippen LogP contribution in [0.1, 0.15) is 0 Å². The Morgan fingerprint density at radius 1 is 1.43 bits per heavy atom. The lowest BCUT2D eigenvalue weighted by Crippen LogP contribution is -1.61. The van der Waals surface area contributed by atoms with Crippen molar-refractivity contribution in [2.75, 3.05) is 7.05 Å². The van der Waals surface area contributed by atoms with Gasteiger partial charge in [-0.1, -0.05) is 0 Å². The molecule has 0 amide bonds. The molecule has 0 spiro atoms. The van der Waals surface area contributed by atoms with Crippen LogP contribution in [-0.2, 0) is 0 Å². The third-order valence-corrected chi connectivity index (χ3v) is 0.442. The Bertz CT molecular complexity index is 92.3. The maximum Gasteiger partial charge on any atom is 0.0277 e. The van der Waals surface area contributed by atoms with Crippen molar-refractivity contribution in [2.24, 2.45) is 4.99 Å². The van der Waals surface area contributed by atoms with Crippen LogP contribution >= 0.6 is 0 Å². The summed E-state index contributed by atoms with van der Waals surface area (Å²) in [4.78, 5) is 3.66. The van der Waals surface area contributed by atoms with Crippen LogP contribution in [0, 0.1) is 5.41 Å². The molecule has 2 heteroatoms. The van der Waals surface area contributed by atoms with Crippen LogP contribution in [0.4, 0.5) is 0 Å². The lowest BCUT2D eigenvalue weighted by atomic mass is 10.5. The molecule has 0 radical (unpaired) electrons. The van der Waals surface area contributed by atoms with Gasteiger partial charge in [0.15, 0.2) is 0 Å². The second kappa shape index (κ2) is 5.08. The fourth-order valence-electron chi connectivity index (χ4n) is 0.191. The third kappa shape index (κ3) is 5.08. The van der Waals surface area contributed by atoms with E-state index in [-0.39, 0.29) is 0 Å². The average Bonchev–Trinajstić information content (AvgIpc) is 1.69. The number of hydrogen-bond donors (Lipinski definition) is 1. The predicted molar refractivity (Wildman–Crippen MR) is 32.3 cm³/mol. The summed E-state index contributed by atoms with van der Waals surface area (Å²) in [6.45, 7) is 0. The number of nitrogens with zero attached hydrogens (tertiary/aromatic N) is 1. The van der Waals surface area contributed by atoms with Crippen LogP contribution in [0.2, 0.25) is 0 Å². The zero-order chi connectivity index (χ0) is 5.54. The van der Waals surface area contributed by atoms with Gasteiger partial charge in [0.25, 0.3) is 0 Å². The highest BCUT2D eigenvalue weighted by atomic mass is 14.6. The lowest BCUT2D eigenvalue weighted by molar-refractivity contribution is 1.48. The molecule has 2 nitrogen and oxygen atoms in total. The first-order valence-electron chi connectivity index (χ1n) is 1.99. The molecule has 0 fully saturated rings. The van der Waals surface area contributed by atoms with Gasteiger partial charge in [-0.15, -0.1) is 0 Å². The van der Waals surface area contributed by atoms with Gasteiger partial charge in [-0.2, -0.15) is 0 Å². The van der Waals surface area contributed by atoms with E-state index in [1.54, 1.807) is 25.4 Å². The first kappa shape index (κ1) is 6.08. The first-order chi connectivity index (χ1) is 3.41. The highest BCUT2D eigenvalue weighted by Crippen LogP contribution is 1.59. The summed E-state index contributed by atoms with van der Waals surface area (Å²) in [6.07, 6.45) is 6.15. The molecule has 0 aromatic heterocycles. The number of rotatable bonds is 2. The summed E-state index contributed by atoms with van der Waals surface area (Å²) in [5.41, 5.74) is 0. The van der Waals surface area contributed by atoms with Gasteiger partial charge in [0.2, 0.25) is 0 Å². The summed E-state index contributed by atoms with van der Waals surface area (Å²) in [5, 5.41) is 6.51. The Hall–Kier alpha value is -0.920. The maximum absolute atomic E-state index is 6.51. The van der Waals surface area contributed by atoms with Crippen molar-refractivity contribution < 1.29 is 0 Å². The fraction of sp³-hybridized carbons (Fsp3) is 0.200. The fourth-order valence-corrected chi connectivity index (χ4v) is 0.191. The SMILES string of the molecule is C/N=C\C=C/C=N. The minimum Gasteiger partial charge on any atom is -0.309 e. The highest BCUT2D eigenvalue weighted by molar-refractivity contribution is 5.79. The van der Waals surface area contributed by atoms with Crippen LogP contribution in [0.25, 0.3) is 0 Å². The van der Waals surface area contributed by atoms with Crippen molar-refractivity contribution in [3.8, 4) is 0 Å². The van der Waals surface area contributed by atoms with Gasteiger partial charge in [-0.3, -0.25) is 4.99 Å². The van der Waals surface area contributed by atoms with Gasteiger partial charge in [-0.25, -0.2) is 0 Å². The Labute approximate surface area is 43.1 Å². The lowest BCUT2D eigenvalue weighted by Gasteiger charge is -1.64. The molecule has 0 saturated carbocycles. The average molecular weight is 96.1 g/mol. The minimum atomic E-state index is 1.21. The van der Waals surface area contributed by atoms with E-state index < -0.39 is 0 Å². The maximum atomic E-state index is 6.51. The molecule has 0 aliphatic heterocycles. The quantitative estimate of drug-likeness (QED) is 0.496. The first-order valence-corrected chi connectivity index (χ1v) is 1.99. The Morgan fingerprint density at radius 3 is 2.57 bits per heavy atom. The topological polar surface area (TPSA) is 36.2 Å². The van der Waals surface area contributed by atoms with Crippen molar-refractivity contribution in [2.45, 2.75) is 0 Å². The van der Waals surface area contributed by atoms with Crippen LogP contribution in [0.5, 0.6) is 0 Å². The second-order valence-corrected chi connectivity index (χ2v) is 0.959. The van der Waals surface area contributed by atoms with E-state index in [1.165, 1.54) is 6.21 Å². The van der Waals surface area contributed by atoms with Gasteiger partial charge in [-0.05, 0) is 12.2 Å². The summed E-state index contributed by atoms with van der Waals surface area (Å²) in [5.74, 6) is 0.